The van der Waals surface area contributed by atoms with E-state index in [1.165, 1.54) is 0 Å². The lowest BCUT2D eigenvalue weighted by Gasteiger charge is -2.07. The highest BCUT2D eigenvalue weighted by atomic mass is 19.1. The molecule has 0 radical (unpaired) electrons. The van der Waals surface area contributed by atoms with Crippen LogP contribution >= 0.6 is 0 Å². The first-order chi connectivity index (χ1) is 13.6. The molecule has 0 spiro atoms. The molecular formula is C21H14F2N4O. The minimum absolute atomic E-state index is 0.0615. The van der Waals surface area contributed by atoms with Crippen LogP contribution in [-0.2, 0) is 0 Å². The maximum atomic E-state index is 13.8. The van der Waals surface area contributed by atoms with Crippen LogP contribution in [0.2, 0.25) is 0 Å². The number of nitrogens with one attached hydrogen (secondary N) is 1. The Bertz CT molecular complexity index is 1070. The summed E-state index contributed by atoms with van der Waals surface area (Å²) in [7, 11) is 0. The zero-order chi connectivity index (χ0) is 19.5. The summed E-state index contributed by atoms with van der Waals surface area (Å²) >= 11 is 0. The fourth-order valence-electron chi connectivity index (χ4n) is 2.76. The zero-order valence-electron chi connectivity index (χ0n) is 14.5. The molecule has 4 rings (SSSR count). The maximum absolute atomic E-state index is 13.8. The molecule has 0 unspecified atom stereocenters. The first-order valence-electron chi connectivity index (χ1n) is 8.44. The molecule has 2 aromatic carbocycles. The van der Waals surface area contributed by atoms with E-state index in [0.717, 1.165) is 29.4 Å². The standard InChI is InChI=1S/C21H14F2N4O/c22-15-8-9-17(23)18(11-15)25-21(28)19-12-20(14-5-4-10-24-13-14)27(26-19)16-6-2-1-3-7-16/h1-13H,(H,25,28). The first-order valence-corrected chi connectivity index (χ1v) is 8.44. The van der Waals surface area contributed by atoms with Gasteiger partial charge in [-0.1, -0.05) is 18.2 Å². The van der Waals surface area contributed by atoms with Gasteiger partial charge in [-0.2, -0.15) is 5.10 Å². The van der Waals surface area contributed by atoms with E-state index in [4.69, 9.17) is 0 Å². The molecule has 0 aliphatic heterocycles. The Balaban J connectivity index is 1.75. The normalized spacial score (nSPS) is 10.6. The van der Waals surface area contributed by atoms with Crippen molar-refractivity contribution in [3.8, 4) is 16.9 Å². The van der Waals surface area contributed by atoms with Gasteiger partial charge in [0, 0.05) is 24.0 Å². The van der Waals surface area contributed by atoms with Crippen molar-refractivity contribution in [1.82, 2.24) is 14.8 Å². The summed E-state index contributed by atoms with van der Waals surface area (Å²) in [5.74, 6) is -2.03. The molecule has 1 amide bonds. The van der Waals surface area contributed by atoms with Gasteiger partial charge in [0.25, 0.3) is 5.91 Å². The summed E-state index contributed by atoms with van der Waals surface area (Å²) in [5, 5.41) is 6.73. The van der Waals surface area contributed by atoms with Crippen molar-refractivity contribution in [3.05, 3.63) is 96.5 Å². The summed E-state index contributed by atoms with van der Waals surface area (Å²) in [5.41, 5.74) is 1.96. The van der Waals surface area contributed by atoms with E-state index >= 15 is 0 Å². The lowest BCUT2D eigenvalue weighted by molar-refractivity contribution is 0.102. The zero-order valence-corrected chi connectivity index (χ0v) is 14.5. The fraction of sp³-hybridized carbons (Fsp3) is 0. The van der Waals surface area contributed by atoms with Gasteiger partial charge in [-0.25, -0.2) is 13.5 Å². The molecule has 2 heterocycles. The van der Waals surface area contributed by atoms with Gasteiger partial charge in [0.2, 0.25) is 0 Å². The molecule has 0 fully saturated rings. The van der Waals surface area contributed by atoms with E-state index in [1.54, 1.807) is 29.2 Å². The van der Waals surface area contributed by atoms with Crippen molar-refractivity contribution >= 4 is 11.6 Å². The molecule has 4 aromatic rings. The van der Waals surface area contributed by atoms with Crippen LogP contribution in [0, 0.1) is 11.6 Å². The number of aromatic nitrogens is 3. The largest absolute Gasteiger partial charge is 0.318 e. The molecule has 0 bridgehead atoms. The Labute approximate surface area is 159 Å². The number of pyridine rings is 1. The van der Waals surface area contributed by atoms with Crippen molar-refractivity contribution in [3.63, 3.8) is 0 Å². The van der Waals surface area contributed by atoms with Crippen LogP contribution in [0.5, 0.6) is 0 Å². The number of hydrogen-bond donors (Lipinski definition) is 1. The molecule has 7 heteroatoms. The fourth-order valence-corrected chi connectivity index (χ4v) is 2.76. The van der Waals surface area contributed by atoms with Crippen LogP contribution in [0.25, 0.3) is 16.9 Å². The average molecular weight is 376 g/mol. The monoisotopic (exact) mass is 376 g/mol. The second-order valence-corrected chi connectivity index (χ2v) is 5.98. The van der Waals surface area contributed by atoms with Crippen LogP contribution in [0.4, 0.5) is 14.5 Å². The minimum atomic E-state index is -0.732. The molecule has 138 valence electrons. The Kier molecular flexibility index (Phi) is 4.63. The summed E-state index contributed by atoms with van der Waals surface area (Å²) in [4.78, 5) is 16.7. The minimum Gasteiger partial charge on any atom is -0.318 e. The number of hydrogen-bond acceptors (Lipinski definition) is 3. The average Bonchev–Trinajstić information content (AvgIpc) is 3.18. The molecule has 1 N–H and O–H groups in total. The summed E-state index contributed by atoms with van der Waals surface area (Å²) in [6.07, 6.45) is 3.30. The predicted molar refractivity (Wildman–Crippen MR) is 101 cm³/mol. The third-order valence-corrected chi connectivity index (χ3v) is 4.08. The van der Waals surface area contributed by atoms with E-state index < -0.39 is 17.5 Å². The number of anilines is 1. The van der Waals surface area contributed by atoms with Crippen molar-refractivity contribution < 1.29 is 13.6 Å². The van der Waals surface area contributed by atoms with Crippen molar-refractivity contribution in [2.75, 3.05) is 5.32 Å². The van der Waals surface area contributed by atoms with Gasteiger partial charge in [0.05, 0.1) is 17.1 Å². The SMILES string of the molecule is O=C(Nc1cc(F)ccc1F)c1cc(-c2cccnc2)n(-c2ccccc2)n1. The number of rotatable bonds is 4. The number of nitrogens with zero attached hydrogens (tertiary/aromatic N) is 3. The molecule has 0 saturated carbocycles. The summed E-state index contributed by atoms with van der Waals surface area (Å²) < 4.78 is 28.8. The van der Waals surface area contributed by atoms with E-state index in [-0.39, 0.29) is 11.4 Å². The third-order valence-electron chi connectivity index (χ3n) is 4.08. The van der Waals surface area contributed by atoms with Crippen LogP contribution in [-0.4, -0.2) is 20.7 Å². The molecule has 0 aliphatic rings. The number of halogens is 2. The molecule has 0 atom stereocenters. The number of carbonyl (C=O) groups is 1. The van der Waals surface area contributed by atoms with Gasteiger partial charge in [0.1, 0.15) is 11.6 Å². The molecule has 28 heavy (non-hydrogen) atoms. The third kappa shape index (κ3) is 3.50. The van der Waals surface area contributed by atoms with E-state index in [1.807, 2.05) is 36.4 Å². The van der Waals surface area contributed by atoms with Gasteiger partial charge in [-0.15, -0.1) is 0 Å². The van der Waals surface area contributed by atoms with Gasteiger partial charge in [-0.05, 0) is 42.5 Å². The van der Waals surface area contributed by atoms with Gasteiger partial charge in [0.15, 0.2) is 5.69 Å². The second-order valence-electron chi connectivity index (χ2n) is 5.98. The number of carbonyl (C=O) groups excluding carboxylic acids is 1. The van der Waals surface area contributed by atoms with Crippen LogP contribution in [0.1, 0.15) is 10.5 Å². The van der Waals surface area contributed by atoms with Crippen molar-refractivity contribution in [2.45, 2.75) is 0 Å². The van der Waals surface area contributed by atoms with Gasteiger partial charge >= 0.3 is 0 Å². The van der Waals surface area contributed by atoms with E-state index in [0.29, 0.717) is 5.69 Å². The van der Waals surface area contributed by atoms with Crippen LogP contribution in [0.3, 0.4) is 0 Å². The smallest absolute Gasteiger partial charge is 0.276 e. The highest BCUT2D eigenvalue weighted by Gasteiger charge is 2.18. The van der Waals surface area contributed by atoms with Crippen LogP contribution < -0.4 is 5.32 Å². The van der Waals surface area contributed by atoms with Crippen molar-refractivity contribution in [2.24, 2.45) is 0 Å². The Morgan fingerprint density at radius 3 is 2.54 bits per heavy atom. The Hall–Kier alpha value is -3.87. The number of benzene rings is 2. The molecule has 0 saturated heterocycles. The quantitative estimate of drug-likeness (QED) is 0.572. The summed E-state index contributed by atoms with van der Waals surface area (Å²) in [6.45, 7) is 0. The number of para-hydroxylation sites is 1. The highest BCUT2D eigenvalue weighted by Crippen LogP contribution is 2.24. The topological polar surface area (TPSA) is 59.8 Å². The van der Waals surface area contributed by atoms with Crippen molar-refractivity contribution in [1.29, 1.82) is 0 Å². The van der Waals surface area contributed by atoms with Crippen LogP contribution in [0.15, 0.2) is 79.1 Å². The lowest BCUT2D eigenvalue weighted by atomic mass is 10.2. The first kappa shape index (κ1) is 17.5. The lowest BCUT2D eigenvalue weighted by Crippen LogP contribution is -2.14. The number of amides is 1. The second kappa shape index (κ2) is 7.40. The van der Waals surface area contributed by atoms with Gasteiger partial charge in [-0.3, -0.25) is 9.78 Å². The maximum Gasteiger partial charge on any atom is 0.276 e. The Morgan fingerprint density at radius 2 is 1.79 bits per heavy atom. The molecule has 5 nitrogen and oxygen atoms in total. The highest BCUT2D eigenvalue weighted by molar-refractivity contribution is 6.03. The molecule has 2 aromatic heterocycles. The summed E-state index contributed by atoms with van der Waals surface area (Å²) in [6, 6.07) is 17.3. The van der Waals surface area contributed by atoms with Gasteiger partial charge < -0.3 is 5.32 Å². The van der Waals surface area contributed by atoms with E-state index in [9.17, 15) is 13.6 Å². The molecule has 0 aliphatic carbocycles. The predicted octanol–water partition coefficient (Wildman–Crippen LogP) is 4.46. The molecular weight excluding hydrogens is 362 g/mol. The Morgan fingerprint density at radius 1 is 0.964 bits per heavy atom. The van der Waals surface area contributed by atoms with E-state index in [2.05, 4.69) is 15.4 Å².